The third-order valence-electron chi connectivity index (χ3n) is 6.45. The van der Waals surface area contributed by atoms with Crippen LogP contribution >= 0.6 is 8.53 Å². The Labute approximate surface area is 229 Å². The van der Waals surface area contributed by atoms with E-state index < -0.39 is 32.3 Å². The van der Waals surface area contributed by atoms with Crippen molar-refractivity contribution in [3.05, 3.63) is 16.7 Å². The van der Waals surface area contributed by atoms with Gasteiger partial charge >= 0.3 is 0 Å². The normalized spacial score (nSPS) is 22.3. The number of anilines is 1. The molecule has 216 valence electrons. The number of ether oxygens (including phenoxy) is 1. The second kappa shape index (κ2) is 13.7. The average Bonchev–Trinajstić information content (AvgIpc) is 3.44. The number of fused-ring (bicyclic) bond motifs is 1. The summed E-state index contributed by atoms with van der Waals surface area (Å²) < 4.78 is 22.9. The predicted octanol–water partition coefficient (Wildman–Crippen LogP) is 3.29. The highest BCUT2D eigenvalue weighted by Crippen LogP contribution is 2.52. The zero-order chi connectivity index (χ0) is 28.9. The maximum absolute atomic E-state index is 12.8. The number of aliphatic hydroxyl groups excluding tert-OH is 1. The summed E-state index contributed by atoms with van der Waals surface area (Å²) in [6.45, 7) is 13.6. The molecule has 14 heteroatoms. The molecule has 3 heterocycles. The van der Waals surface area contributed by atoms with Crippen LogP contribution in [0.4, 0.5) is 5.95 Å². The van der Waals surface area contributed by atoms with E-state index in [0.29, 0.717) is 6.42 Å². The molecule has 0 spiro atoms. The molecule has 1 unspecified atom stereocenters. The molecule has 3 N–H and O–H groups in total. The van der Waals surface area contributed by atoms with Gasteiger partial charge in [-0.1, -0.05) is 20.8 Å². The van der Waals surface area contributed by atoms with Crippen LogP contribution in [-0.4, -0.2) is 72.7 Å². The van der Waals surface area contributed by atoms with Gasteiger partial charge < -0.3 is 18.9 Å². The zero-order valence-electron chi connectivity index (χ0n) is 23.6. The van der Waals surface area contributed by atoms with Gasteiger partial charge in [-0.05, 0) is 34.1 Å². The van der Waals surface area contributed by atoms with Crippen molar-refractivity contribution in [3.63, 3.8) is 0 Å². The largest absolute Gasteiger partial charge is 0.396 e. The number of nitrogens with zero attached hydrogens (tertiary/aromatic N) is 5. The first-order valence-electron chi connectivity index (χ1n) is 13.3. The molecule has 0 aromatic carbocycles. The Kier molecular flexibility index (Phi) is 11.0. The number of aromatic nitrogens is 4. The quantitative estimate of drug-likeness (QED) is 0.242. The van der Waals surface area contributed by atoms with E-state index in [9.17, 15) is 14.7 Å². The average molecular weight is 566 g/mol. The number of amides is 1. The Morgan fingerprint density at radius 2 is 2.03 bits per heavy atom. The summed E-state index contributed by atoms with van der Waals surface area (Å²) in [5, 5.41) is 22.1. The van der Waals surface area contributed by atoms with E-state index in [1.54, 1.807) is 18.4 Å². The van der Waals surface area contributed by atoms with Crippen LogP contribution in [-0.2, 0) is 18.6 Å². The van der Waals surface area contributed by atoms with Gasteiger partial charge in [0.2, 0.25) is 11.9 Å². The van der Waals surface area contributed by atoms with Crippen molar-refractivity contribution in [3.8, 4) is 6.07 Å². The van der Waals surface area contributed by atoms with E-state index >= 15 is 0 Å². The smallest absolute Gasteiger partial charge is 0.280 e. The molecule has 1 amide bonds. The van der Waals surface area contributed by atoms with Crippen molar-refractivity contribution >= 4 is 31.5 Å². The number of aromatic amines is 1. The summed E-state index contributed by atoms with van der Waals surface area (Å²) >= 11 is 0. The highest BCUT2D eigenvalue weighted by Gasteiger charge is 2.48. The summed E-state index contributed by atoms with van der Waals surface area (Å²) in [6.07, 6.45) is 0.471. The third kappa shape index (κ3) is 7.01. The van der Waals surface area contributed by atoms with Crippen molar-refractivity contribution in [1.82, 2.24) is 24.2 Å². The molecule has 3 rings (SSSR count). The minimum Gasteiger partial charge on any atom is -0.396 e. The molecule has 0 radical (unpaired) electrons. The molecule has 0 saturated carbocycles. The van der Waals surface area contributed by atoms with Crippen molar-refractivity contribution in [1.29, 1.82) is 5.26 Å². The van der Waals surface area contributed by atoms with E-state index in [-0.39, 0.29) is 66.8 Å². The van der Waals surface area contributed by atoms with Gasteiger partial charge in [0.1, 0.15) is 6.10 Å². The number of aliphatic hydroxyl groups is 1. The number of nitriles is 1. The van der Waals surface area contributed by atoms with Gasteiger partial charge in [0.05, 0.1) is 38.1 Å². The lowest BCUT2D eigenvalue weighted by molar-refractivity contribution is -0.118. The first-order valence-corrected chi connectivity index (χ1v) is 14.5. The highest BCUT2D eigenvalue weighted by atomic mass is 31.2. The predicted molar refractivity (Wildman–Crippen MR) is 146 cm³/mol. The molecule has 1 saturated heterocycles. The van der Waals surface area contributed by atoms with Crippen molar-refractivity contribution in [2.45, 2.75) is 91.8 Å². The topological polar surface area (TPSA) is 168 Å². The van der Waals surface area contributed by atoms with Crippen LogP contribution in [0.2, 0.25) is 0 Å². The minimum atomic E-state index is -1.65. The Balaban J connectivity index is 2.06. The van der Waals surface area contributed by atoms with Gasteiger partial charge in [-0.25, -0.2) is 9.65 Å². The van der Waals surface area contributed by atoms with Crippen LogP contribution in [0.25, 0.3) is 11.2 Å². The first kappa shape index (κ1) is 31.1. The molecular weight excluding hydrogens is 525 g/mol. The Bertz CT molecular complexity index is 1200. The van der Waals surface area contributed by atoms with Crippen molar-refractivity contribution < 1.29 is 23.7 Å². The van der Waals surface area contributed by atoms with Gasteiger partial charge in [-0.15, -0.1) is 0 Å². The van der Waals surface area contributed by atoms with Crippen LogP contribution in [0, 0.1) is 23.2 Å². The minimum absolute atomic E-state index is 0.00189. The van der Waals surface area contributed by atoms with Crippen molar-refractivity contribution in [2.75, 3.05) is 18.5 Å². The Hall–Kier alpha value is -2.46. The fourth-order valence-electron chi connectivity index (χ4n) is 4.59. The second-order valence-corrected chi connectivity index (χ2v) is 11.7. The zero-order valence-corrected chi connectivity index (χ0v) is 24.5. The molecule has 1 aliphatic rings. The van der Waals surface area contributed by atoms with Crippen LogP contribution in [0.15, 0.2) is 11.1 Å². The van der Waals surface area contributed by atoms with E-state index in [1.807, 2.05) is 34.6 Å². The number of hydrogen-bond acceptors (Lipinski definition) is 10. The maximum Gasteiger partial charge on any atom is 0.280 e. The summed E-state index contributed by atoms with van der Waals surface area (Å²) in [6, 6.07) is 2.25. The molecule has 5 atom stereocenters. The van der Waals surface area contributed by atoms with Crippen molar-refractivity contribution in [2.24, 2.45) is 11.8 Å². The number of hydrogen-bond donors (Lipinski definition) is 3. The molecule has 39 heavy (non-hydrogen) atoms. The fourth-order valence-corrected chi connectivity index (χ4v) is 6.36. The summed E-state index contributed by atoms with van der Waals surface area (Å²) in [5.41, 5.74) is -0.213. The SMILES string of the molecule is CC[C@H]1O[C@@H](n2cnc3c(=O)[nH]c(NC(=O)C(C)C)nc32)[C@H](OP(OCCC#N)N(C(C)C)C(C)C)[C@@H]1CO. The lowest BCUT2D eigenvalue weighted by atomic mass is 9.97. The van der Waals surface area contributed by atoms with Gasteiger partial charge in [-0.3, -0.25) is 24.5 Å². The molecule has 1 fully saturated rings. The molecule has 0 aliphatic carbocycles. The number of carbonyl (C=O) groups is 1. The lowest BCUT2D eigenvalue weighted by Gasteiger charge is -2.38. The van der Waals surface area contributed by atoms with Gasteiger partial charge in [-0.2, -0.15) is 10.2 Å². The first-order chi connectivity index (χ1) is 18.5. The van der Waals surface area contributed by atoms with Gasteiger partial charge in [0.25, 0.3) is 14.1 Å². The lowest BCUT2D eigenvalue weighted by Crippen LogP contribution is -2.37. The number of rotatable bonds is 13. The monoisotopic (exact) mass is 565 g/mol. The number of imidazole rings is 1. The molecular formula is C25H40N7O6P. The number of carbonyl (C=O) groups excluding carboxylic acids is 1. The number of H-pyrrole nitrogens is 1. The van der Waals surface area contributed by atoms with E-state index in [2.05, 4.69) is 31.0 Å². The third-order valence-corrected chi connectivity index (χ3v) is 8.58. The standard InChI is InChI=1S/C25H40N7O6P/c1-8-18-17(12-33)20(38-39(36-11-9-10-26)32(15(4)5)16(6)7)24(37-18)31-13-27-19-21(31)28-25(30-23(19)35)29-22(34)14(2)3/h13-18,20,24,33H,8-9,11-12H2,1-7H3,(H2,28,29,30,34,35)/t17-,18-,20-,24-,39?/m1/s1. The summed E-state index contributed by atoms with van der Waals surface area (Å²) in [4.78, 5) is 36.3. The van der Waals surface area contributed by atoms with Crippen LogP contribution < -0.4 is 10.9 Å². The van der Waals surface area contributed by atoms with Gasteiger partial charge in [0.15, 0.2) is 17.4 Å². The molecule has 13 nitrogen and oxygen atoms in total. The molecule has 2 aromatic heterocycles. The van der Waals surface area contributed by atoms with Gasteiger partial charge in [0, 0.05) is 23.9 Å². The highest BCUT2D eigenvalue weighted by molar-refractivity contribution is 7.44. The Morgan fingerprint density at radius 1 is 1.33 bits per heavy atom. The molecule has 0 bridgehead atoms. The summed E-state index contributed by atoms with van der Waals surface area (Å²) in [7, 11) is -1.65. The molecule has 1 aliphatic heterocycles. The van der Waals surface area contributed by atoms with E-state index in [4.69, 9.17) is 19.0 Å². The number of nitrogens with one attached hydrogen (secondary N) is 2. The second-order valence-electron chi connectivity index (χ2n) is 10.3. The Morgan fingerprint density at radius 3 is 2.59 bits per heavy atom. The maximum atomic E-state index is 12.8. The van der Waals surface area contributed by atoms with E-state index in [1.165, 1.54) is 6.33 Å². The summed E-state index contributed by atoms with van der Waals surface area (Å²) in [5.74, 6) is -1.00. The fraction of sp³-hybridized carbons (Fsp3) is 0.720. The van der Waals surface area contributed by atoms with Crippen LogP contribution in [0.1, 0.15) is 67.5 Å². The molecule has 2 aromatic rings. The van der Waals surface area contributed by atoms with Crippen LogP contribution in [0.3, 0.4) is 0 Å². The van der Waals surface area contributed by atoms with Crippen LogP contribution in [0.5, 0.6) is 0 Å². The van der Waals surface area contributed by atoms with E-state index in [0.717, 1.165) is 0 Å².